The minimum atomic E-state index is 0.164. The van der Waals surface area contributed by atoms with Crippen LogP contribution in [0.2, 0.25) is 0 Å². The van der Waals surface area contributed by atoms with Gasteiger partial charge in [-0.2, -0.15) is 0 Å². The van der Waals surface area contributed by atoms with Crippen molar-refractivity contribution < 1.29 is 9.59 Å². The first-order valence-electron chi connectivity index (χ1n) is 10.2. The highest BCUT2D eigenvalue weighted by molar-refractivity contribution is 7.09. The Morgan fingerprint density at radius 3 is 2.57 bits per heavy atom. The van der Waals surface area contributed by atoms with Gasteiger partial charge in [0.1, 0.15) is 0 Å². The van der Waals surface area contributed by atoms with Crippen LogP contribution in [0.25, 0.3) is 0 Å². The number of carbonyl (C=O) groups is 2. The van der Waals surface area contributed by atoms with Crippen LogP contribution in [0, 0.1) is 5.92 Å². The largest absolute Gasteiger partial charge is 0.350 e. The van der Waals surface area contributed by atoms with Crippen LogP contribution in [0.3, 0.4) is 0 Å². The number of hydrogen-bond donors (Lipinski definition) is 1. The molecule has 2 aliphatic rings. The summed E-state index contributed by atoms with van der Waals surface area (Å²) < 4.78 is 0. The lowest BCUT2D eigenvalue weighted by Crippen LogP contribution is -2.38. The summed E-state index contributed by atoms with van der Waals surface area (Å²) in [7, 11) is 0. The van der Waals surface area contributed by atoms with Gasteiger partial charge in [0.2, 0.25) is 11.8 Å². The molecule has 2 amide bonds. The Kier molecular flexibility index (Phi) is 6.05. The number of nitrogens with one attached hydrogen (secondary N) is 1. The van der Waals surface area contributed by atoms with E-state index in [2.05, 4.69) is 22.8 Å². The third-order valence-electron chi connectivity index (χ3n) is 5.63. The highest BCUT2D eigenvalue weighted by atomic mass is 32.1. The van der Waals surface area contributed by atoms with Crippen LogP contribution in [0.4, 0.5) is 0 Å². The lowest BCUT2D eigenvalue weighted by molar-refractivity contribution is -0.132. The van der Waals surface area contributed by atoms with E-state index in [-0.39, 0.29) is 17.7 Å². The van der Waals surface area contributed by atoms with E-state index in [0.29, 0.717) is 18.9 Å². The van der Waals surface area contributed by atoms with Gasteiger partial charge in [0.05, 0.1) is 17.2 Å². The summed E-state index contributed by atoms with van der Waals surface area (Å²) in [5.41, 5.74) is 2.17. The summed E-state index contributed by atoms with van der Waals surface area (Å²) in [5, 5.41) is 6.18. The van der Waals surface area contributed by atoms with Gasteiger partial charge in [0, 0.05) is 36.7 Å². The van der Waals surface area contributed by atoms with Crippen LogP contribution in [-0.2, 0) is 22.6 Å². The Morgan fingerprint density at radius 1 is 1.11 bits per heavy atom. The quantitative estimate of drug-likeness (QED) is 0.778. The fourth-order valence-corrected chi connectivity index (χ4v) is 4.68. The zero-order valence-electron chi connectivity index (χ0n) is 16.1. The van der Waals surface area contributed by atoms with Gasteiger partial charge in [-0.1, -0.05) is 30.3 Å². The maximum atomic E-state index is 12.5. The highest BCUT2D eigenvalue weighted by Crippen LogP contribution is 2.31. The van der Waals surface area contributed by atoms with Crippen molar-refractivity contribution in [2.45, 2.75) is 51.0 Å². The number of piperidine rings is 1. The first kappa shape index (κ1) is 19.1. The van der Waals surface area contributed by atoms with Gasteiger partial charge in [0.25, 0.3) is 0 Å². The summed E-state index contributed by atoms with van der Waals surface area (Å²) in [4.78, 5) is 31.0. The minimum Gasteiger partial charge on any atom is -0.350 e. The molecule has 2 heterocycles. The second kappa shape index (κ2) is 8.86. The number of carbonyl (C=O) groups excluding carboxylic acids is 2. The van der Waals surface area contributed by atoms with Crippen molar-refractivity contribution >= 4 is 23.2 Å². The standard InChI is InChI=1S/C22H27N3O2S/c26-20(9-6-16-4-2-1-3-5-16)25-12-10-18(11-13-25)22-24-19(15-28-22)14-23-21(27)17-7-8-17/h1-5,15,17-18H,6-14H2,(H,23,27). The van der Waals surface area contributed by atoms with Crippen molar-refractivity contribution in [3.8, 4) is 0 Å². The Bertz CT molecular complexity index is 808. The molecule has 2 aromatic rings. The second-order valence-electron chi connectivity index (χ2n) is 7.81. The first-order valence-corrected chi connectivity index (χ1v) is 11.1. The van der Waals surface area contributed by atoms with Crippen LogP contribution in [0.15, 0.2) is 35.7 Å². The molecule has 1 N–H and O–H groups in total. The van der Waals surface area contributed by atoms with Crippen molar-refractivity contribution in [1.82, 2.24) is 15.2 Å². The number of aryl methyl sites for hydroxylation is 1. The lowest BCUT2D eigenvalue weighted by atomic mass is 9.97. The van der Waals surface area contributed by atoms with Gasteiger partial charge >= 0.3 is 0 Å². The molecule has 0 spiro atoms. The molecule has 6 heteroatoms. The Morgan fingerprint density at radius 2 is 1.86 bits per heavy atom. The molecule has 5 nitrogen and oxygen atoms in total. The Hall–Kier alpha value is -2.21. The van der Waals surface area contributed by atoms with Crippen molar-refractivity contribution in [2.24, 2.45) is 5.92 Å². The molecule has 1 aromatic carbocycles. The summed E-state index contributed by atoms with van der Waals surface area (Å²) in [6.07, 6.45) is 5.38. The molecule has 1 saturated carbocycles. The van der Waals surface area contributed by atoms with Gasteiger partial charge in [-0.3, -0.25) is 9.59 Å². The predicted molar refractivity (Wildman–Crippen MR) is 110 cm³/mol. The van der Waals surface area contributed by atoms with Gasteiger partial charge in [-0.15, -0.1) is 11.3 Å². The van der Waals surface area contributed by atoms with E-state index in [0.717, 1.165) is 55.9 Å². The number of amides is 2. The number of benzene rings is 1. The summed E-state index contributed by atoms with van der Waals surface area (Å²) in [6.45, 7) is 2.15. The molecule has 2 fully saturated rings. The summed E-state index contributed by atoms with van der Waals surface area (Å²) >= 11 is 1.68. The van der Waals surface area contributed by atoms with Crippen LogP contribution in [-0.4, -0.2) is 34.8 Å². The smallest absolute Gasteiger partial charge is 0.223 e. The molecule has 4 rings (SSSR count). The average Bonchev–Trinajstić information content (AvgIpc) is 3.49. The molecular formula is C22H27N3O2S. The van der Waals surface area contributed by atoms with Gasteiger partial charge in [-0.05, 0) is 37.7 Å². The van der Waals surface area contributed by atoms with Crippen molar-refractivity contribution in [2.75, 3.05) is 13.1 Å². The van der Waals surface area contributed by atoms with Gasteiger partial charge in [0.15, 0.2) is 0 Å². The van der Waals surface area contributed by atoms with Crippen LogP contribution in [0.1, 0.15) is 54.3 Å². The fourth-order valence-electron chi connectivity index (χ4n) is 3.69. The van der Waals surface area contributed by atoms with Crippen LogP contribution in [0.5, 0.6) is 0 Å². The van der Waals surface area contributed by atoms with E-state index in [1.807, 2.05) is 23.1 Å². The summed E-state index contributed by atoms with van der Waals surface area (Å²) in [6, 6.07) is 10.2. The second-order valence-corrected chi connectivity index (χ2v) is 8.70. The molecule has 1 aliphatic heterocycles. The minimum absolute atomic E-state index is 0.164. The van der Waals surface area contributed by atoms with E-state index in [1.165, 1.54) is 5.56 Å². The van der Waals surface area contributed by atoms with Gasteiger partial charge in [-0.25, -0.2) is 4.98 Å². The molecule has 0 atom stereocenters. The van der Waals surface area contributed by atoms with E-state index in [4.69, 9.17) is 4.98 Å². The Balaban J connectivity index is 1.21. The molecule has 1 aliphatic carbocycles. The zero-order chi connectivity index (χ0) is 19.3. The number of nitrogens with zero attached hydrogens (tertiary/aromatic N) is 2. The van der Waals surface area contributed by atoms with Crippen LogP contribution < -0.4 is 5.32 Å². The number of rotatable bonds is 7. The molecule has 0 bridgehead atoms. The van der Waals surface area contributed by atoms with E-state index < -0.39 is 0 Å². The van der Waals surface area contributed by atoms with E-state index in [9.17, 15) is 9.59 Å². The van der Waals surface area contributed by atoms with Gasteiger partial charge < -0.3 is 10.2 Å². The maximum absolute atomic E-state index is 12.5. The molecule has 0 radical (unpaired) electrons. The fraction of sp³-hybridized carbons (Fsp3) is 0.500. The van der Waals surface area contributed by atoms with Crippen LogP contribution >= 0.6 is 11.3 Å². The number of aromatic nitrogens is 1. The van der Waals surface area contributed by atoms with Crippen molar-refractivity contribution in [3.63, 3.8) is 0 Å². The lowest BCUT2D eigenvalue weighted by Gasteiger charge is -2.31. The van der Waals surface area contributed by atoms with Crippen molar-refractivity contribution in [3.05, 3.63) is 52.0 Å². The first-order chi connectivity index (χ1) is 13.7. The summed E-state index contributed by atoms with van der Waals surface area (Å²) in [5.74, 6) is 1.08. The van der Waals surface area contributed by atoms with E-state index in [1.54, 1.807) is 11.3 Å². The molecule has 0 unspecified atom stereocenters. The topological polar surface area (TPSA) is 62.3 Å². The zero-order valence-corrected chi connectivity index (χ0v) is 16.9. The van der Waals surface area contributed by atoms with Crippen molar-refractivity contribution in [1.29, 1.82) is 0 Å². The molecule has 28 heavy (non-hydrogen) atoms. The molecule has 1 aromatic heterocycles. The maximum Gasteiger partial charge on any atom is 0.223 e. The van der Waals surface area contributed by atoms with E-state index >= 15 is 0 Å². The third kappa shape index (κ3) is 4.98. The number of likely N-dealkylation sites (tertiary alicyclic amines) is 1. The monoisotopic (exact) mass is 397 g/mol. The molecule has 1 saturated heterocycles. The third-order valence-corrected chi connectivity index (χ3v) is 6.68. The molecule has 148 valence electrons. The average molecular weight is 398 g/mol. The Labute approximate surface area is 170 Å². The number of hydrogen-bond acceptors (Lipinski definition) is 4. The predicted octanol–water partition coefficient (Wildman–Crippen LogP) is 3.51. The number of thiazole rings is 1. The SMILES string of the molecule is O=C(NCc1csc(C2CCN(C(=O)CCc3ccccc3)CC2)n1)C1CC1. The molecular weight excluding hydrogens is 370 g/mol. The normalized spacial score (nSPS) is 17.5. The highest BCUT2D eigenvalue weighted by Gasteiger charge is 2.29.